The highest BCUT2D eigenvalue weighted by molar-refractivity contribution is 9.10. The average Bonchev–Trinajstić information content (AvgIpc) is 2.43. The van der Waals surface area contributed by atoms with E-state index in [0.29, 0.717) is 6.42 Å². The molecular formula is C10H10BrNO2. The van der Waals surface area contributed by atoms with Gasteiger partial charge < -0.3 is 10.0 Å². The fourth-order valence-electron chi connectivity index (χ4n) is 1.83. The summed E-state index contributed by atoms with van der Waals surface area (Å²) in [5.74, 6) is -0.764. The number of hydrogen-bond donors (Lipinski definition) is 1. The number of anilines is 1. The van der Waals surface area contributed by atoms with Crippen molar-refractivity contribution in [1.29, 1.82) is 0 Å². The molecule has 0 amide bonds. The number of benzene rings is 1. The number of nitrogens with zero attached hydrogens (tertiary/aromatic N) is 1. The topological polar surface area (TPSA) is 40.5 Å². The molecule has 4 heteroatoms. The van der Waals surface area contributed by atoms with Crippen molar-refractivity contribution in [3.63, 3.8) is 0 Å². The molecule has 74 valence electrons. The number of halogens is 1. The fourth-order valence-corrected chi connectivity index (χ4v) is 2.24. The molecule has 1 N–H and O–H groups in total. The summed E-state index contributed by atoms with van der Waals surface area (Å²) in [4.78, 5) is 12.7. The van der Waals surface area contributed by atoms with Crippen molar-refractivity contribution in [2.24, 2.45) is 0 Å². The largest absolute Gasteiger partial charge is 0.480 e. The van der Waals surface area contributed by atoms with Crippen LogP contribution in [0.2, 0.25) is 0 Å². The van der Waals surface area contributed by atoms with E-state index in [1.807, 2.05) is 30.1 Å². The van der Waals surface area contributed by atoms with Crippen LogP contribution < -0.4 is 4.90 Å². The minimum Gasteiger partial charge on any atom is -0.480 e. The standard InChI is InChI=1S/C10H10BrNO2/c1-12-8-3-2-7(11)4-6(8)5-9(12)10(13)14/h2-4,9H,5H2,1H3,(H,13,14). The Labute approximate surface area is 90.5 Å². The Balaban J connectivity index is 2.40. The first kappa shape index (κ1) is 9.52. The van der Waals surface area contributed by atoms with Crippen LogP contribution in [0.15, 0.2) is 22.7 Å². The number of carboxylic acid groups (broad SMARTS) is 1. The zero-order valence-corrected chi connectivity index (χ0v) is 9.28. The lowest BCUT2D eigenvalue weighted by Crippen LogP contribution is -2.35. The van der Waals surface area contributed by atoms with E-state index >= 15 is 0 Å². The lowest BCUT2D eigenvalue weighted by molar-refractivity contribution is -0.138. The van der Waals surface area contributed by atoms with Crippen LogP contribution in [0.25, 0.3) is 0 Å². The molecule has 0 bridgehead atoms. The van der Waals surface area contributed by atoms with Crippen molar-refractivity contribution in [2.45, 2.75) is 12.5 Å². The van der Waals surface area contributed by atoms with E-state index in [0.717, 1.165) is 15.7 Å². The molecule has 2 rings (SSSR count). The summed E-state index contributed by atoms with van der Waals surface area (Å²) in [6.45, 7) is 0. The molecule has 1 heterocycles. The van der Waals surface area contributed by atoms with Gasteiger partial charge in [-0.05, 0) is 23.8 Å². The van der Waals surface area contributed by atoms with E-state index in [1.54, 1.807) is 0 Å². The highest BCUT2D eigenvalue weighted by atomic mass is 79.9. The van der Waals surface area contributed by atoms with Gasteiger partial charge in [0.15, 0.2) is 0 Å². The van der Waals surface area contributed by atoms with Gasteiger partial charge in [-0.2, -0.15) is 0 Å². The number of hydrogen-bond acceptors (Lipinski definition) is 2. The first-order valence-corrected chi connectivity index (χ1v) is 5.13. The van der Waals surface area contributed by atoms with Gasteiger partial charge in [0, 0.05) is 23.6 Å². The van der Waals surface area contributed by atoms with E-state index in [4.69, 9.17) is 5.11 Å². The van der Waals surface area contributed by atoms with Crippen LogP contribution in [0, 0.1) is 0 Å². The lowest BCUT2D eigenvalue weighted by atomic mass is 10.1. The smallest absolute Gasteiger partial charge is 0.326 e. The van der Waals surface area contributed by atoms with Crippen LogP contribution in [0.5, 0.6) is 0 Å². The lowest BCUT2D eigenvalue weighted by Gasteiger charge is -2.18. The summed E-state index contributed by atoms with van der Waals surface area (Å²) in [5, 5.41) is 8.97. The summed E-state index contributed by atoms with van der Waals surface area (Å²) in [7, 11) is 1.82. The maximum atomic E-state index is 10.9. The van der Waals surface area contributed by atoms with Crippen LogP contribution in [-0.4, -0.2) is 24.2 Å². The average molecular weight is 256 g/mol. The Morgan fingerprint density at radius 2 is 2.36 bits per heavy atom. The summed E-state index contributed by atoms with van der Waals surface area (Å²) < 4.78 is 0.996. The predicted octanol–water partition coefficient (Wildman–Crippen LogP) is 1.89. The van der Waals surface area contributed by atoms with Gasteiger partial charge in [0.05, 0.1) is 0 Å². The summed E-state index contributed by atoms with van der Waals surface area (Å²) >= 11 is 3.38. The van der Waals surface area contributed by atoms with Crippen LogP contribution in [0.3, 0.4) is 0 Å². The first-order valence-electron chi connectivity index (χ1n) is 4.33. The third-order valence-corrected chi connectivity index (χ3v) is 3.08. The summed E-state index contributed by atoms with van der Waals surface area (Å²) in [6.07, 6.45) is 0.584. The van der Waals surface area contributed by atoms with Gasteiger partial charge in [0.2, 0.25) is 0 Å². The van der Waals surface area contributed by atoms with Crippen molar-refractivity contribution in [1.82, 2.24) is 0 Å². The predicted molar refractivity (Wildman–Crippen MR) is 57.7 cm³/mol. The third kappa shape index (κ3) is 1.39. The van der Waals surface area contributed by atoms with Crippen LogP contribution >= 0.6 is 15.9 Å². The van der Waals surface area contributed by atoms with Crippen molar-refractivity contribution >= 4 is 27.6 Å². The molecule has 1 aromatic carbocycles. The normalized spacial score (nSPS) is 19.6. The summed E-state index contributed by atoms with van der Waals surface area (Å²) in [5.41, 5.74) is 2.11. The number of carboxylic acids is 1. The van der Waals surface area contributed by atoms with Crippen LogP contribution in [0.4, 0.5) is 5.69 Å². The minimum absolute atomic E-state index is 0.417. The van der Waals surface area contributed by atoms with Crippen molar-refractivity contribution in [3.05, 3.63) is 28.2 Å². The maximum absolute atomic E-state index is 10.9. The molecule has 1 atom stereocenters. The first-order chi connectivity index (χ1) is 6.59. The molecule has 0 radical (unpaired) electrons. The quantitative estimate of drug-likeness (QED) is 0.834. The van der Waals surface area contributed by atoms with Gasteiger partial charge >= 0.3 is 5.97 Å². The van der Waals surface area contributed by atoms with Crippen LogP contribution in [0.1, 0.15) is 5.56 Å². The number of likely N-dealkylation sites (N-methyl/N-ethyl adjacent to an activating group) is 1. The molecule has 1 unspecified atom stereocenters. The molecule has 0 fully saturated rings. The van der Waals surface area contributed by atoms with Crippen molar-refractivity contribution < 1.29 is 9.90 Å². The zero-order chi connectivity index (χ0) is 10.3. The number of carbonyl (C=O) groups is 1. The maximum Gasteiger partial charge on any atom is 0.326 e. The SMILES string of the molecule is CN1c2ccc(Br)cc2CC1C(=O)O. The Bertz CT molecular complexity index is 392. The van der Waals surface area contributed by atoms with Crippen molar-refractivity contribution in [2.75, 3.05) is 11.9 Å². The van der Waals surface area contributed by atoms with Gasteiger partial charge in [-0.3, -0.25) is 0 Å². The van der Waals surface area contributed by atoms with E-state index in [1.165, 1.54) is 0 Å². The molecule has 1 aliphatic rings. The molecule has 1 aliphatic heterocycles. The van der Waals surface area contributed by atoms with E-state index in [2.05, 4.69) is 15.9 Å². The van der Waals surface area contributed by atoms with Crippen LogP contribution in [-0.2, 0) is 11.2 Å². The van der Waals surface area contributed by atoms with Gasteiger partial charge in [0.1, 0.15) is 6.04 Å². The van der Waals surface area contributed by atoms with Gasteiger partial charge in [-0.25, -0.2) is 4.79 Å². The molecule has 0 spiro atoms. The molecule has 0 saturated carbocycles. The zero-order valence-electron chi connectivity index (χ0n) is 7.70. The van der Waals surface area contributed by atoms with Gasteiger partial charge in [0.25, 0.3) is 0 Å². The van der Waals surface area contributed by atoms with E-state index < -0.39 is 12.0 Å². The van der Waals surface area contributed by atoms with Gasteiger partial charge in [-0.15, -0.1) is 0 Å². The molecule has 3 nitrogen and oxygen atoms in total. The third-order valence-electron chi connectivity index (χ3n) is 2.59. The summed E-state index contributed by atoms with van der Waals surface area (Å²) in [6, 6.07) is 5.44. The monoisotopic (exact) mass is 255 g/mol. The van der Waals surface area contributed by atoms with Gasteiger partial charge in [-0.1, -0.05) is 15.9 Å². The molecular weight excluding hydrogens is 246 g/mol. The highest BCUT2D eigenvalue weighted by Crippen LogP contribution is 2.32. The Morgan fingerprint density at radius 1 is 1.64 bits per heavy atom. The van der Waals surface area contributed by atoms with Crippen molar-refractivity contribution in [3.8, 4) is 0 Å². The second-order valence-electron chi connectivity index (χ2n) is 3.44. The second-order valence-corrected chi connectivity index (χ2v) is 4.36. The van der Waals surface area contributed by atoms with E-state index in [-0.39, 0.29) is 0 Å². The molecule has 0 saturated heterocycles. The number of rotatable bonds is 1. The Kier molecular flexibility index (Phi) is 2.23. The Morgan fingerprint density at radius 3 is 3.00 bits per heavy atom. The molecule has 0 aromatic heterocycles. The second kappa shape index (κ2) is 3.28. The number of fused-ring (bicyclic) bond motifs is 1. The Hall–Kier alpha value is -1.03. The molecule has 14 heavy (non-hydrogen) atoms. The molecule has 0 aliphatic carbocycles. The fraction of sp³-hybridized carbons (Fsp3) is 0.300. The minimum atomic E-state index is -0.764. The highest BCUT2D eigenvalue weighted by Gasteiger charge is 2.31. The van der Waals surface area contributed by atoms with E-state index in [9.17, 15) is 4.79 Å². The molecule has 1 aromatic rings. The number of aliphatic carboxylic acids is 1.